The van der Waals surface area contributed by atoms with Crippen molar-refractivity contribution < 1.29 is 14.3 Å². The van der Waals surface area contributed by atoms with Crippen LogP contribution in [0, 0.1) is 14.9 Å². The van der Waals surface area contributed by atoms with E-state index >= 15 is 0 Å². The van der Waals surface area contributed by atoms with E-state index in [1.807, 2.05) is 18.2 Å². The third-order valence-corrected chi connectivity index (χ3v) is 5.16. The molecule has 30 heavy (non-hydrogen) atoms. The number of carbonyl (C=O) groups is 2. The average Bonchev–Trinajstić information content (AvgIpc) is 2.75. The lowest BCUT2D eigenvalue weighted by Gasteiger charge is -2.09. The first-order valence-electron chi connectivity index (χ1n) is 8.72. The highest BCUT2D eigenvalue weighted by Gasteiger charge is 2.14. The summed E-state index contributed by atoms with van der Waals surface area (Å²) in [5.41, 5.74) is 1.27. The summed E-state index contributed by atoms with van der Waals surface area (Å²) >= 11 is 5.53. The predicted octanol–water partition coefficient (Wildman–Crippen LogP) is 5.82. The summed E-state index contributed by atoms with van der Waals surface area (Å²) in [6, 6.07) is 22.7. The van der Waals surface area contributed by atoms with Crippen molar-refractivity contribution in [1.29, 1.82) is 5.26 Å². The van der Waals surface area contributed by atoms with Gasteiger partial charge in [-0.15, -0.1) is 0 Å². The Morgan fingerprint density at radius 3 is 2.40 bits per heavy atom. The number of halogens is 2. The van der Waals surface area contributed by atoms with Crippen molar-refractivity contribution in [3.8, 4) is 11.8 Å². The molecule has 0 saturated carbocycles. The monoisotopic (exact) mass is 572 g/mol. The second-order valence-electron chi connectivity index (χ2n) is 6.07. The first-order chi connectivity index (χ1) is 14.5. The van der Waals surface area contributed by atoms with Crippen molar-refractivity contribution in [2.75, 3.05) is 5.32 Å². The molecule has 7 heteroatoms. The first-order valence-corrected chi connectivity index (χ1v) is 10.6. The zero-order valence-electron chi connectivity index (χ0n) is 15.4. The van der Waals surface area contributed by atoms with Gasteiger partial charge in [0.25, 0.3) is 5.91 Å². The lowest BCUT2D eigenvalue weighted by atomic mass is 10.1. The number of ether oxygens (including phenoxy) is 1. The number of nitriles is 1. The average molecular weight is 573 g/mol. The third-order valence-electron chi connectivity index (χ3n) is 3.95. The molecule has 0 radical (unpaired) electrons. The molecule has 0 aliphatic carbocycles. The molecule has 0 spiro atoms. The molecular weight excluding hydrogens is 559 g/mol. The molecule has 0 atom stereocenters. The number of benzene rings is 3. The van der Waals surface area contributed by atoms with Crippen LogP contribution in [-0.2, 0) is 4.79 Å². The Bertz CT molecular complexity index is 1150. The van der Waals surface area contributed by atoms with Gasteiger partial charge >= 0.3 is 5.97 Å². The van der Waals surface area contributed by atoms with E-state index in [-0.39, 0.29) is 11.3 Å². The molecule has 0 bridgehead atoms. The Morgan fingerprint density at radius 1 is 1.03 bits per heavy atom. The van der Waals surface area contributed by atoms with Gasteiger partial charge in [-0.1, -0.05) is 34.1 Å². The molecular formula is C23H14BrIN2O3. The molecule has 3 aromatic carbocycles. The summed E-state index contributed by atoms with van der Waals surface area (Å²) < 4.78 is 7.24. The van der Waals surface area contributed by atoms with Crippen molar-refractivity contribution >= 4 is 62.2 Å². The van der Waals surface area contributed by atoms with Crippen LogP contribution in [0.25, 0.3) is 6.08 Å². The van der Waals surface area contributed by atoms with Gasteiger partial charge in [0.1, 0.15) is 17.4 Å². The van der Waals surface area contributed by atoms with Crippen LogP contribution in [0.15, 0.2) is 82.8 Å². The fraction of sp³-hybridized carbons (Fsp3) is 0. The minimum absolute atomic E-state index is 0.122. The maximum absolute atomic E-state index is 12.5. The van der Waals surface area contributed by atoms with Gasteiger partial charge in [0.2, 0.25) is 0 Å². The van der Waals surface area contributed by atoms with Crippen molar-refractivity contribution in [1.82, 2.24) is 0 Å². The van der Waals surface area contributed by atoms with Gasteiger partial charge in [0.05, 0.1) is 5.56 Å². The maximum atomic E-state index is 12.5. The van der Waals surface area contributed by atoms with E-state index in [1.165, 1.54) is 6.08 Å². The second-order valence-corrected chi connectivity index (χ2v) is 8.23. The van der Waals surface area contributed by atoms with Crippen LogP contribution in [0.1, 0.15) is 15.9 Å². The topological polar surface area (TPSA) is 79.2 Å². The quantitative estimate of drug-likeness (QED) is 0.137. The molecule has 0 heterocycles. The zero-order chi connectivity index (χ0) is 21.5. The van der Waals surface area contributed by atoms with Gasteiger partial charge in [-0.3, -0.25) is 4.79 Å². The molecule has 0 aromatic heterocycles. The van der Waals surface area contributed by atoms with Gasteiger partial charge in [-0.2, -0.15) is 5.26 Å². The Hall–Kier alpha value is -2.96. The van der Waals surface area contributed by atoms with Crippen LogP contribution < -0.4 is 10.1 Å². The number of esters is 1. The van der Waals surface area contributed by atoms with E-state index in [2.05, 4.69) is 43.8 Å². The highest BCUT2D eigenvalue weighted by molar-refractivity contribution is 14.1. The van der Waals surface area contributed by atoms with Crippen LogP contribution in [-0.4, -0.2) is 11.9 Å². The van der Waals surface area contributed by atoms with Crippen LogP contribution >= 0.6 is 38.5 Å². The first kappa shape index (κ1) is 21.7. The number of carbonyl (C=O) groups excluding carboxylic acids is 2. The number of rotatable bonds is 5. The normalized spacial score (nSPS) is 10.8. The number of hydrogen-bond acceptors (Lipinski definition) is 4. The minimum atomic E-state index is -0.556. The maximum Gasteiger partial charge on any atom is 0.343 e. The van der Waals surface area contributed by atoms with Crippen molar-refractivity contribution in [3.63, 3.8) is 0 Å². The molecule has 0 aliphatic rings. The third kappa shape index (κ3) is 5.78. The zero-order valence-corrected chi connectivity index (χ0v) is 19.2. The number of amides is 1. The Balaban J connectivity index is 1.87. The Labute approximate surface area is 195 Å². The van der Waals surface area contributed by atoms with Crippen LogP contribution in [0.4, 0.5) is 5.69 Å². The van der Waals surface area contributed by atoms with Crippen LogP contribution in [0.5, 0.6) is 5.75 Å². The number of hydrogen-bond donors (Lipinski definition) is 1. The van der Waals surface area contributed by atoms with Gasteiger partial charge in [0, 0.05) is 19.3 Å². The van der Waals surface area contributed by atoms with Crippen LogP contribution in [0.2, 0.25) is 0 Å². The molecule has 5 nitrogen and oxygen atoms in total. The van der Waals surface area contributed by atoms with Crippen molar-refractivity contribution in [2.24, 2.45) is 0 Å². The summed E-state index contributed by atoms with van der Waals surface area (Å²) in [6.07, 6.45) is 1.39. The fourth-order valence-electron chi connectivity index (χ4n) is 2.49. The molecule has 3 aromatic rings. The van der Waals surface area contributed by atoms with Gasteiger partial charge < -0.3 is 10.1 Å². The van der Waals surface area contributed by atoms with Gasteiger partial charge in [-0.25, -0.2) is 4.79 Å². The molecule has 0 fully saturated rings. The predicted molar refractivity (Wildman–Crippen MR) is 127 cm³/mol. The van der Waals surface area contributed by atoms with E-state index in [1.54, 1.807) is 60.7 Å². The van der Waals surface area contributed by atoms with E-state index in [0.717, 1.165) is 3.57 Å². The lowest BCUT2D eigenvalue weighted by Crippen LogP contribution is -2.13. The molecule has 1 N–H and O–H groups in total. The molecule has 0 unspecified atom stereocenters. The molecule has 1 amide bonds. The summed E-state index contributed by atoms with van der Waals surface area (Å²) in [5.74, 6) is -0.852. The number of nitrogens with one attached hydrogen (secondary N) is 1. The SMILES string of the molecule is N#C/C(=C\c1cc(Br)ccc1OC(=O)c1ccccc1)C(=O)Nc1ccc(I)cc1. The molecule has 0 aliphatic heterocycles. The Kier molecular flexibility index (Phi) is 7.38. The van der Waals surface area contributed by atoms with Gasteiger partial charge in [0.15, 0.2) is 0 Å². The van der Waals surface area contributed by atoms with Crippen molar-refractivity contribution in [2.45, 2.75) is 0 Å². The summed E-state index contributed by atoms with van der Waals surface area (Å²) in [5, 5.41) is 12.2. The van der Waals surface area contributed by atoms with E-state index < -0.39 is 11.9 Å². The summed E-state index contributed by atoms with van der Waals surface area (Å²) in [4.78, 5) is 25.0. The fourth-order valence-corrected chi connectivity index (χ4v) is 3.23. The molecule has 0 saturated heterocycles. The van der Waals surface area contributed by atoms with Gasteiger partial charge in [-0.05, 0) is 83.3 Å². The van der Waals surface area contributed by atoms with E-state index in [4.69, 9.17) is 4.74 Å². The highest BCUT2D eigenvalue weighted by atomic mass is 127. The smallest absolute Gasteiger partial charge is 0.343 e. The lowest BCUT2D eigenvalue weighted by molar-refractivity contribution is -0.112. The largest absolute Gasteiger partial charge is 0.422 e. The van der Waals surface area contributed by atoms with E-state index in [0.29, 0.717) is 21.3 Å². The summed E-state index contributed by atoms with van der Waals surface area (Å²) in [7, 11) is 0. The van der Waals surface area contributed by atoms with E-state index in [9.17, 15) is 14.9 Å². The standard InChI is InChI=1S/C23H14BrIN2O3/c24-18-6-11-21(30-23(29)15-4-2-1-3-5-15)16(13-18)12-17(14-26)22(28)27-20-9-7-19(25)8-10-20/h1-13H,(H,27,28)/b17-12+. The number of nitrogens with zero attached hydrogens (tertiary/aromatic N) is 1. The molecule has 148 valence electrons. The second kappa shape index (κ2) is 10.2. The van der Waals surface area contributed by atoms with Crippen molar-refractivity contribution in [3.05, 3.63) is 97.5 Å². The highest BCUT2D eigenvalue weighted by Crippen LogP contribution is 2.27. The van der Waals surface area contributed by atoms with Crippen LogP contribution in [0.3, 0.4) is 0 Å². The Morgan fingerprint density at radius 2 is 1.73 bits per heavy atom. The molecule has 3 rings (SSSR count). The number of anilines is 1. The minimum Gasteiger partial charge on any atom is -0.422 e. The summed E-state index contributed by atoms with van der Waals surface area (Å²) in [6.45, 7) is 0.